The molecule has 2 aromatic carbocycles. The van der Waals surface area contributed by atoms with E-state index in [9.17, 15) is 8.42 Å². The summed E-state index contributed by atoms with van der Waals surface area (Å²) in [7, 11) is -3.35. The van der Waals surface area contributed by atoms with Crippen LogP contribution in [0.3, 0.4) is 0 Å². The Labute approximate surface area is 132 Å². The molecule has 4 nitrogen and oxygen atoms in total. The number of halogens is 1. The smallest absolute Gasteiger partial charge is 0.245 e. The average Bonchev–Trinajstić information content (AvgIpc) is 3.00. The molecule has 0 amide bonds. The van der Waals surface area contributed by atoms with Gasteiger partial charge in [-0.25, -0.2) is 8.42 Å². The van der Waals surface area contributed by atoms with Gasteiger partial charge in [0.25, 0.3) is 0 Å². The Balaban J connectivity index is 1.73. The topological polar surface area (TPSA) is 40.6 Å². The summed E-state index contributed by atoms with van der Waals surface area (Å²) in [6.07, 6.45) is 0. The Hall–Kier alpha value is -1.37. The zero-order chi connectivity index (χ0) is 14.6. The van der Waals surface area contributed by atoms with Gasteiger partial charge in [0.1, 0.15) is 0 Å². The summed E-state index contributed by atoms with van der Waals surface area (Å²) in [6, 6.07) is 15.2. The third-order valence-corrected chi connectivity index (χ3v) is 6.55. The van der Waals surface area contributed by atoms with Gasteiger partial charge in [-0.1, -0.05) is 34.1 Å². The predicted molar refractivity (Wildman–Crippen MR) is 84.6 cm³/mol. The first-order valence-corrected chi connectivity index (χ1v) is 8.92. The molecule has 2 aliphatic rings. The van der Waals surface area contributed by atoms with E-state index in [-0.39, 0.29) is 6.04 Å². The van der Waals surface area contributed by atoms with E-state index in [0.29, 0.717) is 18.1 Å². The van der Waals surface area contributed by atoms with Crippen molar-refractivity contribution >= 4 is 31.6 Å². The van der Waals surface area contributed by atoms with E-state index in [1.165, 1.54) is 0 Å². The van der Waals surface area contributed by atoms with Gasteiger partial charge in [-0.2, -0.15) is 4.31 Å². The maximum Gasteiger partial charge on any atom is 0.245 e. The molecule has 0 bridgehead atoms. The van der Waals surface area contributed by atoms with Crippen LogP contribution in [-0.4, -0.2) is 25.9 Å². The zero-order valence-electron chi connectivity index (χ0n) is 11.1. The molecule has 4 rings (SSSR count). The minimum absolute atomic E-state index is 0.0742. The molecule has 1 unspecified atom stereocenters. The summed E-state index contributed by atoms with van der Waals surface area (Å²) < 4.78 is 27.8. The maximum absolute atomic E-state index is 12.6. The molecule has 2 aliphatic heterocycles. The zero-order valence-corrected chi connectivity index (χ0v) is 13.5. The van der Waals surface area contributed by atoms with E-state index >= 15 is 0 Å². The fraction of sp³-hybridized carbons (Fsp3) is 0.200. The standard InChI is InChI=1S/C15H13BrN2O2S/c16-11-5-7-12(8-6-11)17-9-14-13-3-1-2-4-15(13)21(19,20)18(14)10-17/h1-8,14H,9-10H2. The van der Waals surface area contributed by atoms with Gasteiger partial charge >= 0.3 is 0 Å². The highest BCUT2D eigenvalue weighted by molar-refractivity contribution is 9.10. The summed E-state index contributed by atoms with van der Waals surface area (Å²) >= 11 is 3.42. The van der Waals surface area contributed by atoms with Crippen molar-refractivity contribution < 1.29 is 8.42 Å². The molecule has 21 heavy (non-hydrogen) atoms. The lowest BCUT2D eigenvalue weighted by molar-refractivity contribution is 0.426. The van der Waals surface area contributed by atoms with Crippen molar-refractivity contribution in [2.24, 2.45) is 0 Å². The van der Waals surface area contributed by atoms with Crippen LogP contribution in [0.15, 0.2) is 57.9 Å². The van der Waals surface area contributed by atoms with Crippen molar-refractivity contribution in [2.75, 3.05) is 18.1 Å². The van der Waals surface area contributed by atoms with Crippen molar-refractivity contribution in [1.29, 1.82) is 0 Å². The Bertz CT molecular complexity index is 805. The van der Waals surface area contributed by atoms with Crippen LogP contribution in [0.25, 0.3) is 0 Å². The predicted octanol–water partition coefficient (Wildman–Crippen LogP) is 2.97. The number of hydrogen-bond acceptors (Lipinski definition) is 3. The number of hydrogen-bond donors (Lipinski definition) is 0. The molecule has 2 heterocycles. The number of benzene rings is 2. The summed E-state index contributed by atoms with van der Waals surface area (Å²) in [5.41, 5.74) is 1.96. The van der Waals surface area contributed by atoms with Crippen LogP contribution in [0.4, 0.5) is 5.69 Å². The first-order chi connectivity index (χ1) is 10.1. The van der Waals surface area contributed by atoms with Gasteiger partial charge in [0.2, 0.25) is 10.0 Å². The van der Waals surface area contributed by atoms with E-state index in [1.807, 2.05) is 36.4 Å². The largest absolute Gasteiger partial charge is 0.356 e. The molecule has 0 aliphatic carbocycles. The quantitative estimate of drug-likeness (QED) is 0.780. The summed E-state index contributed by atoms with van der Waals surface area (Å²) in [4.78, 5) is 2.57. The minimum atomic E-state index is -3.35. The summed E-state index contributed by atoms with van der Waals surface area (Å²) in [6.45, 7) is 1.10. The lowest BCUT2D eigenvalue weighted by atomic mass is 10.1. The number of nitrogens with zero attached hydrogens (tertiary/aromatic N) is 2. The van der Waals surface area contributed by atoms with Gasteiger partial charge < -0.3 is 4.90 Å². The van der Waals surface area contributed by atoms with Crippen LogP contribution in [0.2, 0.25) is 0 Å². The number of sulfonamides is 1. The summed E-state index contributed by atoms with van der Waals surface area (Å²) in [5.74, 6) is 0. The molecule has 0 N–H and O–H groups in total. The van der Waals surface area contributed by atoms with Gasteiger partial charge in [0, 0.05) is 16.7 Å². The number of rotatable bonds is 1. The first kappa shape index (κ1) is 13.3. The Morgan fingerprint density at radius 3 is 2.52 bits per heavy atom. The summed E-state index contributed by atoms with van der Waals surface area (Å²) in [5, 5.41) is 0. The van der Waals surface area contributed by atoms with E-state index < -0.39 is 10.0 Å². The van der Waals surface area contributed by atoms with E-state index in [4.69, 9.17) is 0 Å². The second kappa shape index (κ2) is 4.56. The first-order valence-electron chi connectivity index (χ1n) is 6.69. The molecule has 6 heteroatoms. The van der Waals surface area contributed by atoms with Gasteiger partial charge in [-0.15, -0.1) is 0 Å². The van der Waals surface area contributed by atoms with Crippen LogP contribution in [-0.2, 0) is 10.0 Å². The molecule has 2 aromatic rings. The average molecular weight is 365 g/mol. The second-order valence-corrected chi connectivity index (χ2v) is 8.06. The molecule has 0 radical (unpaired) electrons. The highest BCUT2D eigenvalue weighted by Gasteiger charge is 2.47. The maximum atomic E-state index is 12.6. The van der Waals surface area contributed by atoms with Gasteiger partial charge in [-0.05, 0) is 35.9 Å². The van der Waals surface area contributed by atoms with Crippen molar-refractivity contribution in [1.82, 2.24) is 4.31 Å². The van der Waals surface area contributed by atoms with Gasteiger partial charge in [-0.3, -0.25) is 0 Å². The normalized spacial score (nSPS) is 23.1. The van der Waals surface area contributed by atoms with Crippen LogP contribution >= 0.6 is 15.9 Å². The molecular weight excluding hydrogens is 352 g/mol. The third kappa shape index (κ3) is 1.93. The number of fused-ring (bicyclic) bond motifs is 3. The Kier molecular flexibility index (Phi) is 2.89. The minimum Gasteiger partial charge on any atom is -0.356 e. The van der Waals surface area contributed by atoms with Crippen LogP contribution in [0.1, 0.15) is 11.6 Å². The fourth-order valence-electron chi connectivity index (χ4n) is 3.08. The molecule has 108 valence electrons. The molecule has 1 atom stereocenters. The third-order valence-electron chi connectivity index (χ3n) is 4.11. The SMILES string of the molecule is O=S1(=O)c2ccccc2C2CN(c3ccc(Br)cc3)CN21. The lowest BCUT2D eigenvalue weighted by Gasteiger charge is -2.19. The van der Waals surface area contributed by atoms with E-state index in [1.54, 1.807) is 16.4 Å². The molecule has 0 spiro atoms. The number of anilines is 1. The van der Waals surface area contributed by atoms with Crippen molar-refractivity contribution in [3.63, 3.8) is 0 Å². The second-order valence-electron chi connectivity index (χ2n) is 5.29. The van der Waals surface area contributed by atoms with Crippen LogP contribution in [0.5, 0.6) is 0 Å². The fourth-order valence-corrected chi connectivity index (χ4v) is 5.15. The molecule has 0 aromatic heterocycles. The highest BCUT2D eigenvalue weighted by atomic mass is 79.9. The molecule has 1 fully saturated rings. The molecular formula is C15H13BrN2O2S. The monoisotopic (exact) mass is 364 g/mol. The van der Waals surface area contributed by atoms with Gasteiger partial charge in [0.15, 0.2) is 0 Å². The molecule has 1 saturated heterocycles. The van der Waals surface area contributed by atoms with E-state index in [2.05, 4.69) is 20.8 Å². The van der Waals surface area contributed by atoms with Crippen LogP contribution in [0, 0.1) is 0 Å². The lowest BCUT2D eigenvalue weighted by Crippen LogP contribution is -2.28. The Morgan fingerprint density at radius 2 is 1.76 bits per heavy atom. The Morgan fingerprint density at radius 1 is 1.05 bits per heavy atom. The van der Waals surface area contributed by atoms with Crippen molar-refractivity contribution in [3.05, 3.63) is 58.6 Å². The van der Waals surface area contributed by atoms with Crippen LogP contribution < -0.4 is 4.90 Å². The van der Waals surface area contributed by atoms with Gasteiger partial charge in [0.05, 0.1) is 17.6 Å². The molecule has 0 saturated carbocycles. The van der Waals surface area contributed by atoms with Crippen molar-refractivity contribution in [3.8, 4) is 0 Å². The highest BCUT2D eigenvalue weighted by Crippen LogP contribution is 2.44. The van der Waals surface area contributed by atoms with Crippen molar-refractivity contribution in [2.45, 2.75) is 10.9 Å². The van der Waals surface area contributed by atoms with E-state index in [0.717, 1.165) is 15.7 Å².